The maximum Gasteiger partial charge on any atom is 0.264 e. The number of nitrogens with one attached hydrogen (secondary N) is 1. The summed E-state index contributed by atoms with van der Waals surface area (Å²) in [4.78, 5) is 36.8. The van der Waals surface area contributed by atoms with Crippen LogP contribution >= 0.6 is 0 Å². The highest BCUT2D eigenvalue weighted by Gasteiger charge is 2.32. The van der Waals surface area contributed by atoms with E-state index in [1.165, 1.54) is 18.4 Å². The molecule has 6 rings (SSSR count). The lowest BCUT2D eigenvalue weighted by molar-refractivity contribution is 0.0505. The fourth-order valence-electron chi connectivity index (χ4n) is 6.48. The number of ether oxygens (including phenoxy) is 2. The van der Waals surface area contributed by atoms with E-state index < -0.39 is 16.1 Å². The van der Waals surface area contributed by atoms with Gasteiger partial charge in [0.05, 0.1) is 35.5 Å². The van der Waals surface area contributed by atoms with Crippen molar-refractivity contribution in [3.63, 3.8) is 0 Å². The fraction of sp³-hybridized carbons (Fsp3) is 0.425. The number of sulfonamides is 1. The Morgan fingerprint density at radius 2 is 1.74 bits per heavy atom. The van der Waals surface area contributed by atoms with Gasteiger partial charge in [-0.15, -0.1) is 0 Å². The van der Waals surface area contributed by atoms with Crippen molar-refractivity contribution < 1.29 is 24.1 Å². The van der Waals surface area contributed by atoms with E-state index in [1.54, 1.807) is 29.3 Å². The van der Waals surface area contributed by atoms with Crippen LogP contribution in [0.2, 0.25) is 0 Å². The standard InChI is InChI=1S/C35H41N7O4S.C5H10O.H2/c1-23-10-8-11-24(2)32(23)28-19-31-39-34(37-28)40-47(44,45)27-13-9-12-25(18-27)33(43)42(26(22-46-31)20-35(3,4)5)21-29-36-15-14-30(38-29)41-16-6-7-17-41;1-4-6-5(2)3;/h8-15,18-19,26H,6-7,16-17,20-22H2,1-5H3,(H,37,39,40);4-5H,1H2,2-3H3;1H/t26-;;/m1../s1. The minimum absolute atomic E-state index is 0. The highest BCUT2D eigenvalue weighted by Crippen LogP contribution is 2.32. The number of benzene rings is 2. The summed E-state index contributed by atoms with van der Waals surface area (Å²) in [6.45, 7) is 19.7. The predicted octanol–water partition coefficient (Wildman–Crippen LogP) is 7.59. The molecule has 2 aliphatic heterocycles. The summed E-state index contributed by atoms with van der Waals surface area (Å²) in [7, 11) is -4.17. The number of rotatable bonds is 7. The summed E-state index contributed by atoms with van der Waals surface area (Å²) in [5, 5.41) is 0. The third-order valence-electron chi connectivity index (χ3n) is 8.83. The van der Waals surface area contributed by atoms with E-state index in [0.29, 0.717) is 17.9 Å². The molecule has 13 heteroatoms. The zero-order valence-corrected chi connectivity index (χ0v) is 32.6. The number of nitrogens with zero attached hydrogens (tertiary/aromatic N) is 6. The molecule has 284 valence electrons. The molecule has 2 aromatic heterocycles. The number of aryl methyl sites for hydroxylation is 2. The molecule has 1 saturated heterocycles. The molecule has 0 aliphatic carbocycles. The molecular formula is C40H53N7O5S. The molecule has 2 aromatic carbocycles. The van der Waals surface area contributed by atoms with Crippen LogP contribution in [0.1, 0.15) is 82.6 Å². The maximum absolute atomic E-state index is 14.4. The van der Waals surface area contributed by atoms with Crippen molar-refractivity contribution in [2.24, 2.45) is 5.41 Å². The average molecular weight is 744 g/mol. The quantitative estimate of drug-likeness (QED) is 0.188. The van der Waals surface area contributed by atoms with Crippen molar-refractivity contribution in [1.82, 2.24) is 24.8 Å². The Hall–Kier alpha value is -5.04. The van der Waals surface area contributed by atoms with Gasteiger partial charge in [-0.05, 0) is 87.8 Å². The van der Waals surface area contributed by atoms with Gasteiger partial charge in [0.15, 0.2) is 0 Å². The highest BCUT2D eigenvalue weighted by molar-refractivity contribution is 7.92. The predicted molar refractivity (Wildman–Crippen MR) is 209 cm³/mol. The van der Waals surface area contributed by atoms with E-state index >= 15 is 0 Å². The van der Waals surface area contributed by atoms with Crippen LogP contribution in [0.25, 0.3) is 11.3 Å². The Bertz CT molecular complexity index is 2010. The van der Waals surface area contributed by atoms with E-state index in [0.717, 1.165) is 48.4 Å². The molecule has 4 heterocycles. The Kier molecular flexibility index (Phi) is 12.4. The van der Waals surface area contributed by atoms with Crippen LogP contribution in [0, 0.1) is 19.3 Å². The molecule has 0 saturated carbocycles. The first-order valence-electron chi connectivity index (χ1n) is 18.0. The first kappa shape index (κ1) is 39.2. The highest BCUT2D eigenvalue weighted by atomic mass is 32.2. The third kappa shape index (κ3) is 10.3. The molecule has 1 N–H and O–H groups in total. The van der Waals surface area contributed by atoms with Gasteiger partial charge < -0.3 is 19.3 Å². The third-order valence-corrected chi connectivity index (χ3v) is 10.2. The van der Waals surface area contributed by atoms with Gasteiger partial charge in [0.25, 0.3) is 15.9 Å². The fourth-order valence-corrected chi connectivity index (χ4v) is 7.47. The van der Waals surface area contributed by atoms with Crippen LogP contribution in [-0.2, 0) is 21.3 Å². The topological polar surface area (TPSA) is 140 Å². The van der Waals surface area contributed by atoms with Crippen molar-refractivity contribution in [2.75, 3.05) is 29.3 Å². The average Bonchev–Trinajstić information content (AvgIpc) is 3.64. The summed E-state index contributed by atoms with van der Waals surface area (Å²) in [5.74, 6) is 1.06. The lowest BCUT2D eigenvalue weighted by Crippen LogP contribution is -2.45. The zero-order valence-electron chi connectivity index (χ0n) is 31.8. The van der Waals surface area contributed by atoms with Gasteiger partial charge in [-0.25, -0.2) is 28.1 Å². The lowest BCUT2D eigenvalue weighted by Gasteiger charge is -2.35. The summed E-state index contributed by atoms with van der Waals surface area (Å²) in [6, 6.07) is 15.1. The number of aromatic nitrogens is 4. The molecule has 2 aliphatic rings. The molecule has 4 aromatic rings. The van der Waals surface area contributed by atoms with Gasteiger partial charge in [-0.1, -0.05) is 51.6 Å². The number of amides is 1. The van der Waals surface area contributed by atoms with E-state index in [1.807, 2.05) is 52.0 Å². The first-order chi connectivity index (χ1) is 25.1. The summed E-state index contributed by atoms with van der Waals surface area (Å²) < 4.78 is 41.0. The van der Waals surface area contributed by atoms with Gasteiger partial charge in [-0.3, -0.25) is 4.79 Å². The number of carbonyl (C=O) groups excluding carboxylic acids is 1. The van der Waals surface area contributed by atoms with Gasteiger partial charge in [0.2, 0.25) is 11.8 Å². The van der Waals surface area contributed by atoms with Crippen LogP contribution in [0.15, 0.2) is 78.5 Å². The number of hydrogen-bond donors (Lipinski definition) is 1. The van der Waals surface area contributed by atoms with Crippen LogP contribution in [0.4, 0.5) is 11.8 Å². The second-order valence-corrected chi connectivity index (χ2v) is 16.5. The van der Waals surface area contributed by atoms with Crippen molar-refractivity contribution in [3.05, 3.63) is 96.1 Å². The zero-order chi connectivity index (χ0) is 38.3. The number of hydrogen-bond acceptors (Lipinski definition) is 10. The number of carbonyl (C=O) groups is 1. The molecule has 1 amide bonds. The van der Waals surface area contributed by atoms with Crippen molar-refractivity contribution >= 4 is 27.7 Å². The van der Waals surface area contributed by atoms with Crippen LogP contribution in [0.3, 0.4) is 0 Å². The van der Waals surface area contributed by atoms with E-state index in [4.69, 9.17) is 14.5 Å². The van der Waals surface area contributed by atoms with Gasteiger partial charge in [-0.2, -0.15) is 4.98 Å². The Morgan fingerprint density at radius 1 is 1.04 bits per heavy atom. The van der Waals surface area contributed by atoms with Gasteiger partial charge >= 0.3 is 0 Å². The Labute approximate surface area is 315 Å². The molecule has 1 fully saturated rings. The second-order valence-electron chi connectivity index (χ2n) is 14.9. The normalized spacial score (nSPS) is 17.0. The van der Waals surface area contributed by atoms with E-state index in [-0.39, 0.29) is 54.3 Å². The monoisotopic (exact) mass is 743 g/mol. The summed E-state index contributed by atoms with van der Waals surface area (Å²) in [6.07, 6.45) is 6.26. The van der Waals surface area contributed by atoms with Crippen LogP contribution in [0.5, 0.6) is 5.88 Å². The molecule has 0 spiro atoms. The van der Waals surface area contributed by atoms with Crippen LogP contribution in [-0.4, -0.2) is 71.0 Å². The Morgan fingerprint density at radius 3 is 2.38 bits per heavy atom. The molecule has 53 heavy (non-hydrogen) atoms. The largest absolute Gasteiger partial charge is 0.499 e. The maximum atomic E-state index is 14.4. The summed E-state index contributed by atoms with van der Waals surface area (Å²) >= 11 is 0. The van der Waals surface area contributed by atoms with Crippen LogP contribution < -0.4 is 14.4 Å². The SMILES string of the molecule is C=COC(C)C.Cc1cccc(C)c1-c1cc2nc(n1)NS(=O)(=O)c1cccc(c1)C(=O)N(Cc1nccc(N3CCCC3)n1)[C@H](CC(C)(C)C)CO2.[HH]. The van der Waals surface area contributed by atoms with Crippen molar-refractivity contribution in [3.8, 4) is 17.1 Å². The number of fused-ring (bicyclic) bond motifs is 4. The molecule has 4 bridgehead atoms. The van der Waals surface area contributed by atoms with E-state index in [2.05, 4.69) is 51.9 Å². The minimum atomic E-state index is -4.17. The van der Waals surface area contributed by atoms with Gasteiger partial charge in [0.1, 0.15) is 18.2 Å². The van der Waals surface area contributed by atoms with Gasteiger partial charge in [0, 0.05) is 37.9 Å². The van der Waals surface area contributed by atoms with Crippen molar-refractivity contribution in [2.45, 2.75) is 91.3 Å². The first-order valence-corrected chi connectivity index (χ1v) is 19.5. The molecule has 0 unspecified atom stereocenters. The molecular weight excluding hydrogens is 691 g/mol. The summed E-state index contributed by atoms with van der Waals surface area (Å²) in [5.41, 5.74) is 3.39. The molecule has 12 nitrogen and oxygen atoms in total. The minimum Gasteiger partial charge on any atom is -0.499 e. The molecule has 0 radical (unpaired) electrons. The van der Waals surface area contributed by atoms with E-state index in [9.17, 15) is 13.2 Å². The smallest absolute Gasteiger partial charge is 0.264 e. The second kappa shape index (κ2) is 16.7. The molecule has 1 atom stereocenters. The number of anilines is 2. The van der Waals surface area contributed by atoms with Crippen molar-refractivity contribution in [1.29, 1.82) is 0 Å². The lowest BCUT2D eigenvalue weighted by atomic mass is 9.87. The Balaban J connectivity index is 0.000000859.